The molecule has 9 heteroatoms. The van der Waals surface area contributed by atoms with Gasteiger partial charge in [-0.2, -0.15) is 5.26 Å². The summed E-state index contributed by atoms with van der Waals surface area (Å²) in [5.74, 6) is 0.135. The Balaban J connectivity index is 1.74. The van der Waals surface area contributed by atoms with Gasteiger partial charge in [0, 0.05) is 37.1 Å². The zero-order valence-corrected chi connectivity index (χ0v) is 20.7. The van der Waals surface area contributed by atoms with Gasteiger partial charge in [0.15, 0.2) is 0 Å². The monoisotopic (exact) mass is 460 g/mol. The molecule has 0 bridgehead atoms. The fourth-order valence-corrected chi connectivity index (χ4v) is 6.09. The zero-order valence-electron chi connectivity index (χ0n) is 19.9. The maximum absolute atomic E-state index is 13.5. The fourth-order valence-electron chi connectivity index (χ4n) is 4.99. The van der Waals surface area contributed by atoms with E-state index >= 15 is 0 Å². The Hall–Kier alpha value is -2.15. The van der Waals surface area contributed by atoms with Crippen molar-refractivity contribution in [2.75, 3.05) is 53.1 Å². The number of hydrogen-bond donors (Lipinski definition) is 2. The van der Waals surface area contributed by atoms with Crippen LogP contribution in [0.2, 0.25) is 0 Å². The lowest BCUT2D eigenvalue weighted by Crippen LogP contribution is -2.56. The molecule has 3 amide bonds. The minimum Gasteiger partial charge on any atom is -0.389 e. The van der Waals surface area contributed by atoms with Crippen LogP contribution in [0.4, 0.5) is 9.80 Å². The molecule has 3 atom stereocenters. The molecule has 0 aromatic carbocycles. The number of nitrogens with zero attached hydrogens (tertiary/aromatic N) is 4. The van der Waals surface area contributed by atoms with E-state index < -0.39 is 0 Å². The number of nitrogens with two attached hydrogens (primary N) is 1. The van der Waals surface area contributed by atoms with Crippen molar-refractivity contribution in [3.63, 3.8) is 0 Å². The summed E-state index contributed by atoms with van der Waals surface area (Å²) < 4.78 is 0. The van der Waals surface area contributed by atoms with Gasteiger partial charge in [0.1, 0.15) is 11.1 Å². The fraction of sp³-hybridized carbons (Fsp3) is 0.696. The molecule has 0 spiro atoms. The van der Waals surface area contributed by atoms with Crippen molar-refractivity contribution < 1.29 is 9.59 Å². The summed E-state index contributed by atoms with van der Waals surface area (Å²) in [6.07, 6.45) is 2.37. The lowest BCUT2D eigenvalue weighted by Gasteiger charge is -2.45. The van der Waals surface area contributed by atoms with Crippen LogP contribution in [-0.4, -0.2) is 80.0 Å². The molecule has 1 saturated heterocycles. The van der Waals surface area contributed by atoms with E-state index in [0.29, 0.717) is 36.2 Å². The predicted octanol–water partition coefficient (Wildman–Crippen LogP) is 1.99. The van der Waals surface area contributed by atoms with Crippen molar-refractivity contribution in [3.8, 4) is 6.07 Å². The molecule has 2 aliphatic rings. The highest BCUT2D eigenvalue weighted by Gasteiger charge is 2.43. The summed E-state index contributed by atoms with van der Waals surface area (Å²) >= 11 is 1.53. The predicted molar refractivity (Wildman–Crippen MR) is 127 cm³/mol. The van der Waals surface area contributed by atoms with E-state index in [0.717, 1.165) is 31.4 Å². The maximum Gasteiger partial charge on any atom is 0.324 e. The highest BCUT2D eigenvalue weighted by molar-refractivity contribution is 7.16. The van der Waals surface area contributed by atoms with Gasteiger partial charge in [-0.25, -0.2) is 4.79 Å². The van der Waals surface area contributed by atoms with Gasteiger partial charge >= 0.3 is 6.03 Å². The van der Waals surface area contributed by atoms with Gasteiger partial charge in [0.2, 0.25) is 5.91 Å². The van der Waals surface area contributed by atoms with Crippen LogP contribution in [0.3, 0.4) is 0 Å². The number of amides is 3. The molecule has 3 N–H and O–H groups in total. The number of piperidine rings is 1. The number of urea groups is 1. The molecular formula is C23H36N6O2S. The van der Waals surface area contributed by atoms with Crippen LogP contribution in [0.5, 0.6) is 0 Å². The van der Waals surface area contributed by atoms with Crippen LogP contribution in [0.15, 0.2) is 0 Å². The normalized spacial score (nSPS) is 22.9. The first-order valence-corrected chi connectivity index (χ1v) is 12.2. The van der Waals surface area contributed by atoms with Crippen LogP contribution in [0.25, 0.3) is 0 Å². The highest BCUT2D eigenvalue weighted by atomic mass is 32.1. The standard InChI is InChI=1S/C23H36N6O2S/c1-14(2)12-29(23(31)26-6-7-27(3)4)22(30)16-8-15-9-17-18(11-24)21(25)32-20(17)10-19(15)28(5)13-16/h14-16,19H,6-10,12-13,25H2,1-5H3,(H,26,31)/t15-,16-,19-/m1/s1. The van der Waals surface area contributed by atoms with Gasteiger partial charge in [-0.3, -0.25) is 9.69 Å². The largest absolute Gasteiger partial charge is 0.389 e. The minimum atomic E-state index is -0.307. The Morgan fingerprint density at radius 1 is 1.34 bits per heavy atom. The van der Waals surface area contributed by atoms with Crippen LogP contribution in [0.1, 0.15) is 36.3 Å². The van der Waals surface area contributed by atoms with E-state index in [9.17, 15) is 14.9 Å². The summed E-state index contributed by atoms with van der Waals surface area (Å²) in [6, 6.07) is 2.30. The Morgan fingerprint density at radius 3 is 2.69 bits per heavy atom. The number of carbonyl (C=O) groups is 2. The van der Waals surface area contributed by atoms with Crippen molar-refractivity contribution in [1.82, 2.24) is 20.0 Å². The number of thiophene rings is 1. The Kier molecular flexibility index (Phi) is 7.80. The first-order chi connectivity index (χ1) is 15.1. The van der Waals surface area contributed by atoms with Crippen LogP contribution in [0, 0.1) is 29.1 Å². The van der Waals surface area contributed by atoms with E-state index in [2.05, 4.69) is 23.3 Å². The number of rotatable bonds is 6. The number of nitrogens with one attached hydrogen (secondary N) is 1. The van der Waals surface area contributed by atoms with E-state index in [1.807, 2.05) is 32.8 Å². The van der Waals surface area contributed by atoms with Crippen LogP contribution >= 0.6 is 11.3 Å². The van der Waals surface area contributed by atoms with Gasteiger partial charge < -0.3 is 20.9 Å². The summed E-state index contributed by atoms with van der Waals surface area (Å²) in [7, 11) is 5.96. The quantitative estimate of drug-likeness (QED) is 0.673. The third kappa shape index (κ3) is 5.25. The second kappa shape index (κ2) is 10.2. The van der Waals surface area contributed by atoms with Crippen molar-refractivity contribution in [3.05, 3.63) is 16.0 Å². The van der Waals surface area contributed by atoms with Crippen molar-refractivity contribution in [2.24, 2.45) is 17.8 Å². The minimum absolute atomic E-state index is 0.0949. The average Bonchev–Trinajstić information content (AvgIpc) is 3.03. The Morgan fingerprint density at radius 2 is 2.06 bits per heavy atom. The lowest BCUT2D eigenvalue weighted by molar-refractivity contribution is -0.136. The molecule has 1 aromatic heterocycles. The van der Waals surface area contributed by atoms with Gasteiger partial charge in [-0.15, -0.1) is 11.3 Å². The third-order valence-corrected chi connectivity index (χ3v) is 7.62. The zero-order chi connectivity index (χ0) is 23.6. The molecule has 1 aliphatic heterocycles. The van der Waals surface area contributed by atoms with Crippen molar-refractivity contribution in [2.45, 2.75) is 39.2 Å². The average molecular weight is 461 g/mol. The van der Waals surface area contributed by atoms with E-state index in [1.165, 1.54) is 21.1 Å². The van der Waals surface area contributed by atoms with E-state index in [-0.39, 0.29) is 29.7 Å². The van der Waals surface area contributed by atoms with Crippen LogP contribution in [-0.2, 0) is 17.6 Å². The Labute approximate surface area is 195 Å². The van der Waals surface area contributed by atoms with Gasteiger partial charge in [-0.1, -0.05) is 13.8 Å². The molecule has 1 fully saturated rings. The van der Waals surface area contributed by atoms with Crippen molar-refractivity contribution >= 4 is 28.3 Å². The highest BCUT2D eigenvalue weighted by Crippen LogP contribution is 2.43. The van der Waals surface area contributed by atoms with Gasteiger partial charge in [0.25, 0.3) is 0 Å². The first kappa shape index (κ1) is 24.5. The SMILES string of the molecule is CC(C)CN(C(=O)NCCN(C)C)C(=O)[C@@H]1C[C@@H]2Cc3c(sc(N)c3C#N)C[C@H]2N(C)C1. The smallest absolute Gasteiger partial charge is 0.324 e. The third-order valence-electron chi connectivity index (χ3n) is 6.54. The molecule has 0 saturated carbocycles. The molecule has 3 rings (SSSR count). The second-order valence-corrected chi connectivity index (χ2v) is 11.0. The number of carbonyl (C=O) groups excluding carboxylic acids is 2. The van der Waals surface area contributed by atoms with Crippen molar-refractivity contribution in [1.29, 1.82) is 5.26 Å². The first-order valence-electron chi connectivity index (χ1n) is 11.4. The summed E-state index contributed by atoms with van der Waals surface area (Å²) in [5.41, 5.74) is 7.76. The van der Waals surface area contributed by atoms with E-state index in [4.69, 9.17) is 5.73 Å². The molecule has 0 unspecified atom stereocenters. The maximum atomic E-state index is 13.5. The molecular weight excluding hydrogens is 424 g/mol. The van der Waals surface area contributed by atoms with Gasteiger partial charge in [0.05, 0.1) is 11.5 Å². The number of likely N-dealkylation sites (N-methyl/N-ethyl adjacent to an activating group) is 2. The second-order valence-electron chi connectivity index (χ2n) is 9.84. The lowest BCUT2D eigenvalue weighted by atomic mass is 9.74. The molecule has 2 heterocycles. The number of hydrogen-bond acceptors (Lipinski definition) is 7. The number of imide groups is 1. The molecule has 1 aliphatic carbocycles. The molecule has 32 heavy (non-hydrogen) atoms. The number of fused-ring (bicyclic) bond motifs is 2. The summed E-state index contributed by atoms with van der Waals surface area (Å²) in [6.45, 7) is 6.31. The number of likely N-dealkylation sites (tertiary alicyclic amines) is 1. The Bertz CT molecular complexity index is 890. The molecule has 8 nitrogen and oxygen atoms in total. The number of nitrogen functional groups attached to an aromatic ring is 1. The number of anilines is 1. The summed E-state index contributed by atoms with van der Waals surface area (Å²) in [4.78, 5) is 33.3. The molecule has 1 aromatic rings. The van der Waals surface area contributed by atoms with Crippen LogP contribution < -0.4 is 11.1 Å². The molecule has 176 valence electrons. The molecule has 0 radical (unpaired) electrons. The summed E-state index contributed by atoms with van der Waals surface area (Å²) in [5, 5.41) is 13.0. The van der Waals surface area contributed by atoms with E-state index in [1.54, 1.807) is 0 Å². The number of nitriles is 1. The topological polar surface area (TPSA) is 106 Å². The van der Waals surface area contributed by atoms with Gasteiger partial charge in [-0.05, 0) is 57.8 Å².